The molecule has 8 nitrogen and oxygen atoms in total. The Morgan fingerprint density at radius 1 is 0.771 bits per heavy atom. The zero-order valence-electron chi connectivity index (χ0n) is 27.7. The third-order valence-electron chi connectivity index (χ3n) is 8.03. The van der Waals surface area contributed by atoms with E-state index in [-0.39, 0.29) is 11.7 Å². The van der Waals surface area contributed by atoms with Crippen molar-refractivity contribution < 1.29 is 17.4 Å². The van der Waals surface area contributed by atoms with Gasteiger partial charge in [-0.15, -0.1) is 0 Å². The number of amides is 1. The minimum Gasteiger partial charge on any atom is -0.382 e. The molecule has 6 rings (SSSR count). The molecule has 5 aromatic rings. The lowest BCUT2D eigenvalue weighted by Gasteiger charge is -2.35. The summed E-state index contributed by atoms with van der Waals surface area (Å²) in [5.74, 6) is 0.108. The topological polar surface area (TPSA) is 91.8 Å². The number of hydrogen-bond donors (Lipinski definition) is 1. The fraction of sp³-hybridized carbons (Fsp3) is 0.282. The van der Waals surface area contributed by atoms with Gasteiger partial charge in [0.2, 0.25) is 0 Å². The normalized spacial score (nSPS) is 13.8. The van der Waals surface area contributed by atoms with Crippen LogP contribution in [0.25, 0.3) is 22.2 Å². The molecule has 0 aliphatic carbocycles. The molecule has 0 spiro atoms. The summed E-state index contributed by atoms with van der Waals surface area (Å²) in [5.41, 5.74) is 5.08. The molecule has 0 bridgehead atoms. The summed E-state index contributed by atoms with van der Waals surface area (Å²) in [7, 11) is -3.70. The van der Waals surface area contributed by atoms with Crippen LogP contribution in [0.1, 0.15) is 41.8 Å². The average molecular weight is 665 g/mol. The average Bonchev–Trinajstić information content (AvgIpc) is 3.11. The van der Waals surface area contributed by atoms with Crippen molar-refractivity contribution in [2.24, 2.45) is 0 Å². The van der Waals surface area contributed by atoms with E-state index in [0.29, 0.717) is 44.0 Å². The minimum absolute atomic E-state index is 0.0830. The van der Waals surface area contributed by atoms with Crippen LogP contribution in [0, 0.1) is 0 Å². The highest BCUT2D eigenvalue weighted by Crippen LogP contribution is 2.32. The van der Waals surface area contributed by atoms with Crippen molar-refractivity contribution in [3.05, 3.63) is 132 Å². The Morgan fingerprint density at radius 3 is 2.00 bits per heavy atom. The number of hydrogen-bond acceptors (Lipinski definition) is 7. The first-order valence-electron chi connectivity index (χ1n) is 16.6. The maximum atomic E-state index is 14.0. The maximum absolute atomic E-state index is 14.0. The lowest BCUT2D eigenvalue weighted by Crippen LogP contribution is -2.47. The Bertz CT molecular complexity index is 1860. The standard InChI is InChI=1S/C36H36N4O4S.C3H8/c41-36(37-26-28-12-4-1-5-13-28)34-31-18-10-11-19-33(31)38-35(29-14-6-2-7-15-29)32(34)27-40-22-20-39(21-23-40)24-25-45(42,43)44-30-16-8-3-9-17-30;1-3-2/h1-19H,20-27H2,(H,37,41);3H2,1-2H3. The fourth-order valence-electron chi connectivity index (χ4n) is 5.67. The summed E-state index contributed by atoms with van der Waals surface area (Å²) < 4.78 is 30.4. The number of piperazine rings is 1. The summed E-state index contributed by atoms with van der Waals surface area (Å²) in [6.45, 7) is 8.47. The van der Waals surface area contributed by atoms with E-state index in [0.717, 1.165) is 46.4 Å². The Hall–Kier alpha value is -4.57. The lowest BCUT2D eigenvalue weighted by atomic mass is 9.95. The molecule has 1 aliphatic rings. The summed E-state index contributed by atoms with van der Waals surface area (Å²) >= 11 is 0. The maximum Gasteiger partial charge on any atom is 0.310 e. The van der Waals surface area contributed by atoms with Gasteiger partial charge in [-0.05, 0) is 23.8 Å². The Labute approximate surface area is 284 Å². The van der Waals surface area contributed by atoms with E-state index in [1.165, 1.54) is 6.42 Å². The van der Waals surface area contributed by atoms with Gasteiger partial charge in [-0.1, -0.05) is 117 Å². The highest BCUT2D eigenvalue weighted by atomic mass is 32.2. The van der Waals surface area contributed by atoms with Gasteiger partial charge in [0.25, 0.3) is 5.91 Å². The van der Waals surface area contributed by atoms with Crippen molar-refractivity contribution in [1.29, 1.82) is 0 Å². The van der Waals surface area contributed by atoms with Crippen LogP contribution in [0.3, 0.4) is 0 Å². The first kappa shape index (κ1) is 34.8. The van der Waals surface area contributed by atoms with Crippen LogP contribution in [0.4, 0.5) is 0 Å². The molecule has 0 radical (unpaired) electrons. The van der Waals surface area contributed by atoms with Crippen LogP contribution in [0.2, 0.25) is 0 Å². The molecule has 250 valence electrons. The van der Waals surface area contributed by atoms with Gasteiger partial charge in [0.15, 0.2) is 0 Å². The molecule has 1 saturated heterocycles. The Morgan fingerprint density at radius 2 is 1.33 bits per heavy atom. The van der Waals surface area contributed by atoms with Gasteiger partial charge >= 0.3 is 10.1 Å². The van der Waals surface area contributed by atoms with Crippen LogP contribution in [0.15, 0.2) is 115 Å². The second-order valence-electron chi connectivity index (χ2n) is 11.8. The molecule has 1 aliphatic heterocycles. The van der Waals surface area contributed by atoms with Crippen molar-refractivity contribution >= 4 is 26.9 Å². The molecular weight excluding hydrogens is 621 g/mol. The van der Waals surface area contributed by atoms with E-state index in [1.807, 2.05) is 91.0 Å². The number of para-hydroxylation sites is 2. The van der Waals surface area contributed by atoms with E-state index >= 15 is 0 Å². The summed E-state index contributed by atoms with van der Waals surface area (Å²) in [6.07, 6.45) is 1.25. The number of nitrogens with one attached hydrogen (secondary N) is 1. The van der Waals surface area contributed by atoms with Crippen molar-refractivity contribution in [3.63, 3.8) is 0 Å². The van der Waals surface area contributed by atoms with Gasteiger partial charge in [-0.2, -0.15) is 8.42 Å². The zero-order chi connectivity index (χ0) is 33.8. The zero-order valence-corrected chi connectivity index (χ0v) is 28.5. The number of nitrogens with zero attached hydrogens (tertiary/aromatic N) is 3. The fourth-order valence-corrected chi connectivity index (χ4v) is 6.64. The monoisotopic (exact) mass is 664 g/mol. The number of carbonyl (C=O) groups excluding carboxylic acids is 1. The first-order valence-corrected chi connectivity index (χ1v) is 18.2. The Kier molecular flexibility index (Phi) is 12.3. The second kappa shape index (κ2) is 17.0. The molecule has 0 atom stereocenters. The first-order chi connectivity index (χ1) is 23.4. The third-order valence-corrected chi connectivity index (χ3v) is 9.16. The molecule has 1 amide bonds. The molecule has 4 aromatic carbocycles. The largest absolute Gasteiger partial charge is 0.382 e. The van der Waals surface area contributed by atoms with Gasteiger partial charge < -0.3 is 9.50 Å². The third kappa shape index (κ3) is 9.50. The minimum atomic E-state index is -3.70. The predicted molar refractivity (Wildman–Crippen MR) is 193 cm³/mol. The van der Waals surface area contributed by atoms with E-state index in [4.69, 9.17) is 9.17 Å². The number of pyridine rings is 1. The molecule has 0 unspecified atom stereocenters. The van der Waals surface area contributed by atoms with E-state index in [2.05, 4.69) is 29.0 Å². The van der Waals surface area contributed by atoms with Crippen LogP contribution in [0.5, 0.6) is 5.75 Å². The molecule has 48 heavy (non-hydrogen) atoms. The Balaban J connectivity index is 0.00000145. The number of rotatable bonds is 11. The van der Waals surface area contributed by atoms with E-state index in [1.54, 1.807) is 24.3 Å². The summed E-state index contributed by atoms with van der Waals surface area (Å²) in [6, 6.07) is 36.3. The second-order valence-corrected chi connectivity index (χ2v) is 13.5. The van der Waals surface area contributed by atoms with Gasteiger partial charge in [-0.25, -0.2) is 4.98 Å². The van der Waals surface area contributed by atoms with Crippen LogP contribution >= 0.6 is 0 Å². The SMILES string of the molecule is CCC.O=C(NCc1ccccc1)c1c(CN2CCN(CCS(=O)(=O)Oc3ccccc3)CC2)c(-c2ccccc2)nc2ccccc12. The van der Waals surface area contributed by atoms with E-state index < -0.39 is 10.1 Å². The van der Waals surface area contributed by atoms with Gasteiger partial charge in [0, 0.05) is 62.3 Å². The van der Waals surface area contributed by atoms with Gasteiger partial charge in [0.05, 0.1) is 22.5 Å². The summed E-state index contributed by atoms with van der Waals surface area (Å²) in [5, 5.41) is 3.98. The number of aromatic nitrogens is 1. The highest BCUT2D eigenvalue weighted by Gasteiger charge is 2.26. The lowest BCUT2D eigenvalue weighted by molar-refractivity contribution is 0.0948. The molecule has 0 saturated carbocycles. The van der Waals surface area contributed by atoms with Crippen molar-refractivity contribution in [2.75, 3.05) is 38.5 Å². The number of benzene rings is 4. The van der Waals surface area contributed by atoms with Crippen LogP contribution < -0.4 is 9.50 Å². The van der Waals surface area contributed by atoms with Crippen LogP contribution in [-0.2, 0) is 23.2 Å². The number of carbonyl (C=O) groups is 1. The van der Waals surface area contributed by atoms with Crippen molar-refractivity contribution in [3.8, 4) is 17.0 Å². The molecule has 9 heteroatoms. The predicted octanol–water partition coefficient (Wildman–Crippen LogP) is 6.77. The molecule has 1 N–H and O–H groups in total. The number of fused-ring (bicyclic) bond motifs is 1. The smallest absolute Gasteiger partial charge is 0.310 e. The molecule has 1 fully saturated rings. The van der Waals surface area contributed by atoms with Gasteiger partial charge in [-0.3, -0.25) is 14.6 Å². The van der Waals surface area contributed by atoms with Crippen LogP contribution in [-0.4, -0.2) is 67.6 Å². The summed E-state index contributed by atoms with van der Waals surface area (Å²) in [4.78, 5) is 23.5. The van der Waals surface area contributed by atoms with E-state index in [9.17, 15) is 13.2 Å². The van der Waals surface area contributed by atoms with Gasteiger partial charge in [0.1, 0.15) is 5.75 Å². The quantitative estimate of drug-likeness (QED) is 0.156. The van der Waals surface area contributed by atoms with Crippen molar-refractivity contribution in [2.45, 2.75) is 33.4 Å². The van der Waals surface area contributed by atoms with Crippen molar-refractivity contribution in [1.82, 2.24) is 20.1 Å². The molecule has 1 aromatic heterocycles. The molecule has 2 heterocycles. The molecular formula is C39H44N4O4S. The highest BCUT2D eigenvalue weighted by molar-refractivity contribution is 7.87.